The van der Waals surface area contributed by atoms with E-state index in [1.54, 1.807) is 0 Å². The van der Waals surface area contributed by atoms with Gasteiger partial charge < -0.3 is 4.57 Å². The number of nitrogens with zero attached hydrogens (tertiary/aromatic N) is 2. The Balaban J connectivity index is 1.74. The first kappa shape index (κ1) is 36.8. The number of benzene rings is 4. The molecule has 0 spiro atoms. The number of rotatable bonds is 3. The lowest BCUT2D eigenvalue weighted by molar-refractivity contribution is 0.699. The van der Waals surface area contributed by atoms with E-state index >= 15 is 0 Å². The van der Waals surface area contributed by atoms with Gasteiger partial charge in [-0.15, -0.1) is 21.9 Å². The van der Waals surface area contributed by atoms with Crippen molar-refractivity contribution in [3.8, 4) is 0 Å². The predicted molar refractivity (Wildman–Crippen MR) is 282 cm³/mol. The molecule has 21 heteroatoms. The molecule has 50 heavy (non-hydrogen) atoms. The number of nitrogens with one attached hydrogen (secondary N) is 1. The van der Waals surface area contributed by atoms with Crippen LogP contribution in [0.4, 0.5) is 0 Å². The van der Waals surface area contributed by atoms with Crippen LogP contribution in [0.25, 0.3) is 43.6 Å². The van der Waals surface area contributed by atoms with Crippen molar-refractivity contribution in [1.82, 2.24) is 9.13 Å². The normalized spacial score (nSPS) is 13.1. The molecule has 0 aliphatic heterocycles. The van der Waals surface area contributed by atoms with Crippen molar-refractivity contribution in [1.29, 1.82) is 5.41 Å². The molecule has 2 aromatic heterocycles. The summed E-state index contributed by atoms with van der Waals surface area (Å²) in [6, 6.07) is 0.0440. The summed E-state index contributed by atoms with van der Waals surface area (Å²) >= 11 is 0. The fraction of sp³-hybridized carbons (Fsp3) is 0.0690. The minimum absolute atomic E-state index is 0.0440. The monoisotopic (exact) mass is 629 g/mol. The van der Waals surface area contributed by atoms with Crippen LogP contribution in [-0.2, 0) is 0 Å². The fourth-order valence-electron chi connectivity index (χ4n) is 9.25. The first-order valence-corrected chi connectivity index (χ1v) is 18.5. The van der Waals surface area contributed by atoms with Crippen molar-refractivity contribution < 1.29 is 0 Å². The highest BCUT2D eigenvalue weighted by Crippen LogP contribution is 2.31. The summed E-state index contributed by atoms with van der Waals surface area (Å²) in [5.41, 5.74) is 28.9. The van der Waals surface area contributed by atoms with E-state index in [2.05, 4.69) is 157 Å². The number of hydrogen-bond donors (Lipinski definition) is 1. The molecule has 1 atom stereocenters. The van der Waals surface area contributed by atoms with Gasteiger partial charge >= 0.3 is 0 Å². The number of aromatic nitrogens is 2. The Labute approximate surface area is 315 Å². The molecule has 0 saturated carbocycles. The average Bonchev–Trinajstić information content (AvgIpc) is 3.65. The van der Waals surface area contributed by atoms with Crippen molar-refractivity contribution in [3.63, 3.8) is 0 Å². The van der Waals surface area contributed by atoms with Gasteiger partial charge in [-0.25, -0.2) is 0 Å². The third kappa shape index (κ3) is 4.66. The fourth-order valence-corrected chi connectivity index (χ4v) is 9.25. The lowest BCUT2D eigenvalue weighted by Gasteiger charge is -2.25. The Bertz CT molecular complexity index is 2460. The van der Waals surface area contributed by atoms with Gasteiger partial charge in [-0.1, -0.05) is 76.5 Å². The van der Waals surface area contributed by atoms with Crippen LogP contribution in [0.15, 0.2) is 10.9 Å². The van der Waals surface area contributed by atoms with E-state index in [1.807, 2.05) is 0 Å². The molecule has 0 fully saturated rings. The molecule has 1 unspecified atom stereocenters. The standard InChI is InChI=1S/C29H41B18N3/c1-2(49-25-3(8(31)12(35)16(39)20(25)43)4-9(32)13(36)17(40)21(44)26(4)49)7(30)24(47)29(48)50-27-5(10(33)14(37)18(41)22(27)45)6-11(34)15(38)19(42)23(46)28(6)50/h2,48H,30-47H2,1H3/b24-7-,48-29?. The van der Waals surface area contributed by atoms with Crippen LogP contribution in [0.3, 0.4) is 0 Å². The zero-order chi connectivity index (χ0) is 37.3. The van der Waals surface area contributed by atoms with Gasteiger partial charge in [0.15, 0.2) is 0 Å². The van der Waals surface area contributed by atoms with Gasteiger partial charge in [0, 0.05) is 28.1 Å². The molecule has 0 amide bonds. The molecule has 0 aliphatic rings. The van der Waals surface area contributed by atoms with Crippen LogP contribution in [0.2, 0.25) is 0 Å². The molecular formula is C29H41B18N3. The van der Waals surface area contributed by atoms with Crippen LogP contribution in [-0.4, -0.2) is 156 Å². The second-order valence-corrected chi connectivity index (χ2v) is 15.9. The van der Waals surface area contributed by atoms with Gasteiger partial charge in [-0.05, 0) is 28.5 Å². The Hall–Kier alpha value is -2.94. The number of fused-ring (bicyclic) bond motifs is 6. The summed E-state index contributed by atoms with van der Waals surface area (Å²) in [6.07, 6.45) is 0. The molecule has 1 N–H and O–H groups in total. The molecule has 6 aromatic rings. The molecule has 0 aliphatic carbocycles. The van der Waals surface area contributed by atoms with Crippen LogP contribution >= 0.6 is 0 Å². The molecule has 0 bridgehead atoms. The quantitative estimate of drug-likeness (QED) is 0.115. The zero-order valence-corrected chi connectivity index (χ0v) is 34.5. The first-order chi connectivity index (χ1) is 23.2. The minimum Gasteiger partial charge on any atom is -0.335 e. The van der Waals surface area contributed by atoms with E-state index in [1.165, 1.54) is 136 Å². The average molecular weight is 626 g/mol. The first-order valence-electron chi connectivity index (χ1n) is 18.5. The van der Waals surface area contributed by atoms with Crippen LogP contribution in [0, 0.1) is 5.41 Å². The van der Waals surface area contributed by atoms with E-state index in [-0.39, 0.29) is 6.04 Å². The van der Waals surface area contributed by atoms with Gasteiger partial charge in [-0.2, -0.15) is 0 Å². The van der Waals surface area contributed by atoms with Gasteiger partial charge in [0.05, 0.1) is 0 Å². The van der Waals surface area contributed by atoms with Crippen molar-refractivity contribution in [3.05, 3.63) is 10.9 Å². The molecule has 226 valence electrons. The van der Waals surface area contributed by atoms with Crippen LogP contribution in [0.5, 0.6) is 0 Å². The molecule has 0 saturated heterocycles. The van der Waals surface area contributed by atoms with Crippen molar-refractivity contribution in [2.75, 3.05) is 0 Å². The molecule has 2 heterocycles. The maximum Gasteiger partial charge on any atom is 0.143 e. The Morgan fingerprint density at radius 1 is 0.400 bits per heavy atom. The van der Waals surface area contributed by atoms with Crippen LogP contribution in [0.1, 0.15) is 13.0 Å². The SMILES string of the molecule is B/C(C(=N)n1c2c(B)c(B)c(B)c(B)c2c2c(B)c(B)c(B)c(B)c21)=C(\B)C(C)n1c2c(B)c(B)c(B)c(B)c2c2c(B)c(B)c(B)c(B)c21. The van der Waals surface area contributed by atoms with E-state index in [9.17, 15) is 5.41 Å². The predicted octanol–water partition coefficient (Wildman–Crippen LogP) is -22.4. The molecule has 4 aromatic carbocycles. The number of allylic oxidation sites excluding steroid dienone is 2. The largest absolute Gasteiger partial charge is 0.335 e. The summed E-state index contributed by atoms with van der Waals surface area (Å²) in [6.45, 7) is 2.36. The highest BCUT2D eigenvalue weighted by molar-refractivity contribution is 6.73. The van der Waals surface area contributed by atoms with Gasteiger partial charge in [-0.3, -0.25) is 9.98 Å². The highest BCUT2D eigenvalue weighted by Gasteiger charge is 2.28. The van der Waals surface area contributed by atoms with Gasteiger partial charge in [0.1, 0.15) is 147 Å². The summed E-state index contributed by atoms with van der Waals surface area (Å²) in [5, 5.41) is 15.6. The summed E-state index contributed by atoms with van der Waals surface area (Å²) in [5.74, 6) is 0.575. The van der Waals surface area contributed by atoms with Crippen molar-refractivity contribution in [2.45, 2.75) is 13.0 Å². The second kappa shape index (κ2) is 12.3. The maximum atomic E-state index is 10.1. The third-order valence-electron chi connectivity index (χ3n) is 14.2. The van der Waals surface area contributed by atoms with E-state index < -0.39 is 0 Å². The number of hydrogen-bond acceptors (Lipinski definition) is 1. The van der Waals surface area contributed by atoms with Gasteiger partial charge in [0.2, 0.25) is 0 Å². The Kier molecular flexibility index (Phi) is 9.09. The summed E-state index contributed by atoms with van der Waals surface area (Å²) in [4.78, 5) is 0. The lowest BCUT2D eigenvalue weighted by Crippen LogP contribution is -2.49. The molecule has 6 rings (SSSR count). The topological polar surface area (TPSA) is 33.7 Å². The minimum atomic E-state index is 0.0440. The van der Waals surface area contributed by atoms with Gasteiger partial charge in [0.25, 0.3) is 0 Å². The molecular weight excluding hydrogens is 585 g/mol. The Morgan fingerprint density at radius 2 is 0.640 bits per heavy atom. The molecule has 3 nitrogen and oxygen atoms in total. The van der Waals surface area contributed by atoms with E-state index in [0.29, 0.717) is 5.84 Å². The molecule has 0 radical (unpaired) electrons. The van der Waals surface area contributed by atoms with Crippen molar-refractivity contribution >= 4 is 278 Å². The zero-order valence-electron chi connectivity index (χ0n) is 34.5. The van der Waals surface area contributed by atoms with Crippen LogP contribution < -0.4 is 87.4 Å². The van der Waals surface area contributed by atoms with E-state index in [4.69, 9.17) is 0 Å². The Morgan fingerprint density at radius 3 is 0.940 bits per heavy atom. The maximum absolute atomic E-state index is 10.1. The lowest BCUT2D eigenvalue weighted by atomic mass is 9.63. The van der Waals surface area contributed by atoms with E-state index in [0.717, 1.165) is 5.47 Å². The summed E-state index contributed by atoms with van der Waals surface area (Å²) < 4.78 is 4.95. The third-order valence-corrected chi connectivity index (χ3v) is 14.2. The smallest absolute Gasteiger partial charge is 0.143 e. The van der Waals surface area contributed by atoms with Crippen molar-refractivity contribution in [2.24, 2.45) is 0 Å². The summed E-state index contributed by atoms with van der Waals surface area (Å²) in [7, 11) is 41.0. The highest BCUT2D eigenvalue weighted by atomic mass is 15.0. The second-order valence-electron chi connectivity index (χ2n) is 15.9.